The number of benzene rings is 1. The summed E-state index contributed by atoms with van der Waals surface area (Å²) in [4.78, 5) is 14.3. The van der Waals surface area contributed by atoms with Crippen LogP contribution in [0.4, 0.5) is 4.39 Å². The number of nitrogens with zero attached hydrogens (tertiary/aromatic N) is 1. The van der Waals surface area contributed by atoms with Gasteiger partial charge in [-0.05, 0) is 36.2 Å². The van der Waals surface area contributed by atoms with Gasteiger partial charge in [-0.2, -0.15) is 0 Å². The molecule has 0 radical (unpaired) electrons. The number of carbonyl (C=O) groups excluding carboxylic acids is 1. The lowest BCUT2D eigenvalue weighted by Crippen LogP contribution is -2.26. The number of pyridine rings is 1. The van der Waals surface area contributed by atoms with Crippen LogP contribution in [-0.4, -0.2) is 17.4 Å². The van der Waals surface area contributed by atoms with Gasteiger partial charge in [0.05, 0.1) is 5.69 Å². The lowest BCUT2D eigenvalue weighted by Gasteiger charge is -2.14. The minimum Gasteiger partial charge on any atom is -0.847 e. The second kappa shape index (κ2) is 7.50. The maximum Gasteiger partial charge on any atom is 0.165 e. The lowest BCUT2D eigenvalue weighted by atomic mass is 10.1. The fraction of sp³-hybridized carbons (Fsp3) is 0.250. The van der Waals surface area contributed by atoms with Gasteiger partial charge in [-0.3, -0.25) is 4.98 Å². The molecule has 0 amide bonds. The van der Waals surface area contributed by atoms with Gasteiger partial charge < -0.3 is 14.6 Å². The zero-order valence-electron chi connectivity index (χ0n) is 11.4. The van der Waals surface area contributed by atoms with Crippen LogP contribution >= 0.6 is 0 Å². The Kier molecular flexibility index (Phi) is 5.40. The summed E-state index contributed by atoms with van der Waals surface area (Å²) in [5, 5.41) is 11.0. The maximum absolute atomic E-state index is 13.9. The molecule has 4 nitrogen and oxygen atoms in total. The Hall–Kier alpha value is -2.27. The van der Waals surface area contributed by atoms with Crippen molar-refractivity contribution in [3.05, 3.63) is 59.7 Å². The van der Waals surface area contributed by atoms with E-state index in [1.165, 1.54) is 12.1 Å². The Morgan fingerprint density at radius 3 is 2.86 bits per heavy atom. The molecule has 2 rings (SSSR count). The molecule has 5 heteroatoms. The minimum atomic E-state index is -1.26. The van der Waals surface area contributed by atoms with E-state index in [1.54, 1.807) is 24.4 Å². The van der Waals surface area contributed by atoms with Gasteiger partial charge in [0, 0.05) is 6.20 Å². The number of carbonyl (C=O) groups is 1. The summed E-state index contributed by atoms with van der Waals surface area (Å²) < 4.78 is 19.2. The van der Waals surface area contributed by atoms with Crippen molar-refractivity contribution in [3.63, 3.8) is 0 Å². The first-order valence-electron chi connectivity index (χ1n) is 6.61. The first kappa shape index (κ1) is 15.1. The van der Waals surface area contributed by atoms with Crippen molar-refractivity contribution in [3.8, 4) is 5.75 Å². The van der Waals surface area contributed by atoms with Crippen LogP contribution < -0.4 is 9.84 Å². The van der Waals surface area contributed by atoms with Gasteiger partial charge in [-0.1, -0.05) is 24.7 Å². The van der Waals surface area contributed by atoms with Crippen LogP contribution in [0.1, 0.15) is 17.7 Å². The lowest BCUT2D eigenvalue weighted by molar-refractivity contribution is -0.401. The van der Waals surface area contributed by atoms with Gasteiger partial charge in [0.1, 0.15) is 12.9 Å². The topological polar surface area (TPSA) is 62.2 Å². The number of ether oxygens (including phenoxy) is 1. The fourth-order valence-electron chi connectivity index (χ4n) is 1.83. The summed E-state index contributed by atoms with van der Waals surface area (Å²) in [6.07, 6.45) is 1.28. The summed E-state index contributed by atoms with van der Waals surface area (Å²) in [5.41, 5.74) is 1.38. The van der Waals surface area contributed by atoms with Crippen LogP contribution in [0.5, 0.6) is 5.75 Å². The second-order valence-electron chi connectivity index (χ2n) is 4.59. The largest absolute Gasteiger partial charge is 0.847 e. The Morgan fingerprint density at radius 1 is 1.33 bits per heavy atom. The summed E-state index contributed by atoms with van der Waals surface area (Å²) in [6.45, 7) is 0.185. The Morgan fingerprint density at radius 2 is 2.19 bits per heavy atom. The molecular formula is C16H15FNO3-. The average Bonchev–Trinajstić information content (AvgIpc) is 2.52. The quantitative estimate of drug-likeness (QED) is 0.727. The highest BCUT2D eigenvalue weighted by atomic mass is 19.1. The molecule has 0 bridgehead atoms. The zero-order chi connectivity index (χ0) is 15.1. The van der Waals surface area contributed by atoms with Crippen molar-refractivity contribution in [2.45, 2.75) is 25.6 Å². The molecule has 0 aliphatic heterocycles. The van der Waals surface area contributed by atoms with Gasteiger partial charge in [0.25, 0.3) is 0 Å². The number of hydrogen-bond acceptors (Lipinski definition) is 4. The number of halogens is 1. The van der Waals surface area contributed by atoms with Gasteiger partial charge in [0.2, 0.25) is 0 Å². The minimum absolute atomic E-state index is 0.137. The van der Waals surface area contributed by atoms with Crippen molar-refractivity contribution in [1.82, 2.24) is 4.98 Å². The highest BCUT2D eigenvalue weighted by Gasteiger charge is 2.06. The highest BCUT2D eigenvalue weighted by molar-refractivity contribution is 5.54. The smallest absolute Gasteiger partial charge is 0.165 e. The number of rotatable bonds is 7. The Labute approximate surface area is 122 Å². The molecule has 1 aromatic heterocycles. The molecule has 1 atom stereocenters. The third-order valence-electron chi connectivity index (χ3n) is 2.97. The molecule has 1 heterocycles. The molecule has 1 aromatic carbocycles. The molecule has 0 saturated carbocycles. The van der Waals surface area contributed by atoms with Gasteiger partial charge >= 0.3 is 0 Å². The van der Waals surface area contributed by atoms with Gasteiger partial charge in [-0.25, -0.2) is 4.39 Å². The zero-order valence-corrected chi connectivity index (χ0v) is 11.4. The van der Waals surface area contributed by atoms with E-state index in [9.17, 15) is 14.3 Å². The molecule has 0 spiro atoms. The summed E-state index contributed by atoms with van der Waals surface area (Å²) in [7, 11) is 0. The number of aldehydes is 1. The van der Waals surface area contributed by atoms with E-state index >= 15 is 0 Å². The first-order chi connectivity index (χ1) is 10.2. The monoisotopic (exact) mass is 288 g/mol. The van der Waals surface area contributed by atoms with Gasteiger partial charge in [-0.15, -0.1) is 0 Å². The molecule has 0 fully saturated rings. The van der Waals surface area contributed by atoms with Crippen LogP contribution in [0.2, 0.25) is 0 Å². The third kappa shape index (κ3) is 4.65. The predicted octanol–water partition coefficient (Wildman–Crippen LogP) is 1.66. The molecule has 0 saturated heterocycles. The van der Waals surface area contributed by atoms with E-state index in [-0.39, 0.29) is 18.8 Å². The molecular weight excluding hydrogens is 273 g/mol. The highest BCUT2D eigenvalue weighted by Crippen LogP contribution is 2.20. The molecule has 1 unspecified atom stereocenters. The van der Waals surface area contributed by atoms with Crippen molar-refractivity contribution in [1.29, 1.82) is 0 Å². The maximum atomic E-state index is 13.9. The second-order valence-corrected chi connectivity index (χ2v) is 4.59. The summed E-state index contributed by atoms with van der Waals surface area (Å²) in [5.74, 6) is -0.351. The average molecular weight is 288 g/mol. The van der Waals surface area contributed by atoms with Crippen LogP contribution in [0, 0.1) is 5.82 Å². The number of hydrogen-bond donors (Lipinski definition) is 0. The van der Waals surface area contributed by atoms with Crippen molar-refractivity contribution >= 4 is 6.29 Å². The molecule has 0 aliphatic carbocycles. The normalized spacial score (nSPS) is 11.9. The third-order valence-corrected chi connectivity index (χ3v) is 2.97. The van der Waals surface area contributed by atoms with Gasteiger partial charge in [0.15, 0.2) is 11.6 Å². The number of aryl methyl sites for hydroxylation is 1. The Balaban J connectivity index is 1.94. The van der Waals surface area contributed by atoms with E-state index in [1.807, 2.05) is 6.07 Å². The van der Waals surface area contributed by atoms with E-state index in [2.05, 4.69) is 4.98 Å². The van der Waals surface area contributed by atoms with Crippen molar-refractivity contribution < 1.29 is 19.0 Å². The molecule has 21 heavy (non-hydrogen) atoms. The summed E-state index contributed by atoms with van der Waals surface area (Å²) >= 11 is 0. The van der Waals surface area contributed by atoms with E-state index in [0.29, 0.717) is 24.0 Å². The molecule has 2 aromatic rings. The standard InChI is InChI=1S/C16H15FNO3/c17-15-9-12(4-6-14(20)10-19)5-7-16(15)21-11-13-3-1-2-8-18-13/h1-3,5,7-10,14H,4,6,11H2/q-1. The van der Waals surface area contributed by atoms with Crippen LogP contribution in [0.15, 0.2) is 42.6 Å². The summed E-state index contributed by atoms with van der Waals surface area (Å²) in [6, 6.07) is 9.95. The Bertz CT molecular complexity index is 589. The van der Waals surface area contributed by atoms with E-state index < -0.39 is 11.9 Å². The number of aromatic nitrogens is 1. The van der Waals surface area contributed by atoms with Crippen molar-refractivity contribution in [2.75, 3.05) is 0 Å². The molecule has 0 N–H and O–H groups in total. The SMILES string of the molecule is O=CC([O-])CCc1ccc(OCc2ccccn2)c(F)c1. The van der Waals surface area contributed by atoms with E-state index in [4.69, 9.17) is 4.74 Å². The molecule has 0 aliphatic rings. The van der Waals surface area contributed by atoms with Crippen molar-refractivity contribution in [2.24, 2.45) is 0 Å². The fourth-order valence-corrected chi connectivity index (χ4v) is 1.83. The van der Waals surface area contributed by atoms with Crippen LogP contribution in [0.3, 0.4) is 0 Å². The molecule has 110 valence electrons. The predicted molar refractivity (Wildman–Crippen MR) is 73.1 cm³/mol. The van der Waals surface area contributed by atoms with E-state index in [0.717, 1.165) is 0 Å². The van der Waals surface area contributed by atoms with Crippen LogP contribution in [-0.2, 0) is 17.8 Å². The van der Waals surface area contributed by atoms with Crippen LogP contribution in [0.25, 0.3) is 0 Å². The first-order valence-corrected chi connectivity index (χ1v) is 6.61.